The van der Waals surface area contributed by atoms with Crippen molar-refractivity contribution in [2.45, 2.75) is 76.4 Å². The summed E-state index contributed by atoms with van der Waals surface area (Å²) in [6.07, 6.45) is 16.7. The standard InChI is InChI=1S/C34H40FN9O/c35-24-12-10-23(11-13-24)31(36)30(29-16-18-39-34(43-29)41-26-8-3-4-9-26)28-15-14-27(32(42-28)40-25-6-1-2-7-25)33(45)38-17-5-20-44-21-19-37-22-44/h10-16,18-19,21-22,25-26H,1-9,17,20,36H2,(H,38,45)(H,40,42)(H,39,41,43)/b31-30+. The van der Waals surface area contributed by atoms with Crippen LogP contribution in [0.3, 0.4) is 0 Å². The van der Waals surface area contributed by atoms with E-state index < -0.39 is 0 Å². The molecular formula is C34H40FN9O. The van der Waals surface area contributed by atoms with Crippen LogP contribution in [-0.2, 0) is 6.54 Å². The van der Waals surface area contributed by atoms with Gasteiger partial charge in [-0.25, -0.2) is 24.3 Å². The molecule has 4 aromatic rings. The molecule has 2 saturated carbocycles. The topological polar surface area (TPSA) is 136 Å². The second-order valence-corrected chi connectivity index (χ2v) is 11.8. The van der Waals surface area contributed by atoms with E-state index in [1.54, 1.807) is 49.1 Å². The molecule has 3 aromatic heterocycles. The summed E-state index contributed by atoms with van der Waals surface area (Å²) in [5.41, 5.74) is 10.1. The Bertz CT molecular complexity index is 1610. The van der Waals surface area contributed by atoms with E-state index in [1.807, 2.05) is 10.8 Å². The van der Waals surface area contributed by atoms with Crippen LogP contribution in [0.1, 0.15) is 85.1 Å². The van der Waals surface area contributed by atoms with Gasteiger partial charge in [0, 0.05) is 49.3 Å². The fourth-order valence-electron chi connectivity index (χ4n) is 6.13. The lowest BCUT2D eigenvalue weighted by molar-refractivity contribution is 0.0953. The smallest absolute Gasteiger partial charge is 0.255 e. The van der Waals surface area contributed by atoms with Crippen LogP contribution in [0.25, 0.3) is 11.3 Å². The molecule has 0 aliphatic heterocycles. The molecule has 0 saturated heterocycles. The summed E-state index contributed by atoms with van der Waals surface area (Å²) in [5, 5.41) is 10.1. The van der Waals surface area contributed by atoms with Gasteiger partial charge in [0.2, 0.25) is 5.95 Å². The van der Waals surface area contributed by atoms with E-state index in [2.05, 4.69) is 25.9 Å². The van der Waals surface area contributed by atoms with Crippen LogP contribution in [0.15, 0.2) is 67.4 Å². The Kier molecular flexibility index (Phi) is 9.62. The highest BCUT2D eigenvalue weighted by Gasteiger charge is 2.23. The quantitative estimate of drug-likeness (QED) is 0.152. The summed E-state index contributed by atoms with van der Waals surface area (Å²) in [5.74, 6) is 0.496. The summed E-state index contributed by atoms with van der Waals surface area (Å²) in [6.45, 7) is 1.28. The van der Waals surface area contributed by atoms with Crippen molar-refractivity contribution in [1.82, 2.24) is 29.8 Å². The van der Waals surface area contributed by atoms with E-state index in [0.29, 0.717) is 58.1 Å². The fourth-order valence-corrected chi connectivity index (χ4v) is 6.13. The van der Waals surface area contributed by atoms with Gasteiger partial charge in [-0.05, 0) is 80.1 Å². The number of pyridine rings is 1. The lowest BCUT2D eigenvalue weighted by Gasteiger charge is -2.19. The van der Waals surface area contributed by atoms with Crippen LogP contribution in [0.5, 0.6) is 0 Å². The van der Waals surface area contributed by atoms with Gasteiger partial charge in [-0.2, -0.15) is 0 Å². The normalized spacial score (nSPS) is 16.0. The number of nitrogens with two attached hydrogens (primary N) is 1. The lowest BCUT2D eigenvalue weighted by Crippen LogP contribution is -2.28. The molecule has 0 unspecified atom stereocenters. The molecule has 6 rings (SSSR count). The van der Waals surface area contributed by atoms with E-state index in [1.165, 1.54) is 25.0 Å². The Labute approximate surface area is 262 Å². The van der Waals surface area contributed by atoms with Crippen molar-refractivity contribution in [2.24, 2.45) is 5.73 Å². The minimum absolute atomic E-state index is 0.192. The summed E-state index contributed by atoms with van der Waals surface area (Å²) in [4.78, 5) is 31.9. The molecule has 0 bridgehead atoms. The van der Waals surface area contributed by atoms with Crippen molar-refractivity contribution in [2.75, 3.05) is 17.2 Å². The fraction of sp³-hybridized carbons (Fsp3) is 0.382. The Balaban J connectivity index is 1.34. The van der Waals surface area contributed by atoms with Gasteiger partial charge in [0.15, 0.2) is 0 Å². The molecule has 0 spiro atoms. The van der Waals surface area contributed by atoms with Gasteiger partial charge in [0.1, 0.15) is 11.6 Å². The first kappa shape index (κ1) is 30.2. The van der Waals surface area contributed by atoms with E-state index >= 15 is 0 Å². The molecule has 0 radical (unpaired) electrons. The van der Waals surface area contributed by atoms with Crippen molar-refractivity contribution in [3.63, 3.8) is 0 Å². The SMILES string of the molecule is N/C(=C(/c1ccnc(NC2CCCC2)n1)c1ccc(C(=O)NCCCn2ccnc2)c(NC2CCCC2)n1)c1ccc(F)cc1. The van der Waals surface area contributed by atoms with Gasteiger partial charge in [-0.1, -0.05) is 25.7 Å². The number of aromatic nitrogens is 5. The van der Waals surface area contributed by atoms with Crippen molar-refractivity contribution < 1.29 is 9.18 Å². The predicted octanol–water partition coefficient (Wildman–Crippen LogP) is 5.61. The van der Waals surface area contributed by atoms with Crippen molar-refractivity contribution in [3.05, 3.63) is 95.7 Å². The molecule has 11 heteroatoms. The Morgan fingerprint density at radius 2 is 1.60 bits per heavy atom. The number of hydrogen-bond acceptors (Lipinski definition) is 8. The van der Waals surface area contributed by atoms with Gasteiger partial charge >= 0.3 is 0 Å². The highest BCUT2D eigenvalue weighted by molar-refractivity contribution is 6.00. The van der Waals surface area contributed by atoms with Crippen molar-refractivity contribution in [3.8, 4) is 0 Å². The Morgan fingerprint density at radius 1 is 0.889 bits per heavy atom. The van der Waals surface area contributed by atoms with Gasteiger partial charge in [0.25, 0.3) is 5.91 Å². The molecule has 10 nitrogen and oxygen atoms in total. The van der Waals surface area contributed by atoms with Crippen LogP contribution in [-0.4, -0.2) is 49.0 Å². The first-order chi connectivity index (χ1) is 22.0. The highest BCUT2D eigenvalue weighted by Crippen LogP contribution is 2.31. The maximum Gasteiger partial charge on any atom is 0.255 e. The molecule has 1 amide bonds. The zero-order valence-electron chi connectivity index (χ0n) is 25.4. The van der Waals surface area contributed by atoms with Crippen LogP contribution >= 0.6 is 0 Å². The summed E-state index contributed by atoms with van der Waals surface area (Å²) >= 11 is 0. The van der Waals surface area contributed by atoms with Crippen LogP contribution in [0.4, 0.5) is 16.2 Å². The number of amides is 1. The third kappa shape index (κ3) is 7.65. The Hall–Kier alpha value is -4.80. The number of nitrogens with zero attached hydrogens (tertiary/aromatic N) is 5. The van der Waals surface area contributed by atoms with E-state index in [0.717, 1.165) is 51.5 Å². The Morgan fingerprint density at radius 3 is 2.31 bits per heavy atom. The number of carbonyl (C=O) groups excluding carboxylic acids is 1. The summed E-state index contributed by atoms with van der Waals surface area (Å²) in [6, 6.07) is 12.0. The van der Waals surface area contributed by atoms with E-state index in [9.17, 15) is 9.18 Å². The third-order valence-corrected chi connectivity index (χ3v) is 8.55. The predicted molar refractivity (Wildman–Crippen MR) is 174 cm³/mol. The second kappa shape index (κ2) is 14.3. The molecule has 0 atom stereocenters. The van der Waals surface area contributed by atoms with Gasteiger partial charge in [-0.3, -0.25) is 4.79 Å². The molecule has 5 N–H and O–H groups in total. The lowest BCUT2D eigenvalue weighted by atomic mass is 9.99. The van der Waals surface area contributed by atoms with Crippen LogP contribution < -0.4 is 21.7 Å². The number of halogens is 1. The zero-order valence-corrected chi connectivity index (χ0v) is 25.4. The molecule has 2 aliphatic rings. The average molecular weight is 610 g/mol. The highest BCUT2D eigenvalue weighted by atomic mass is 19.1. The minimum atomic E-state index is -0.347. The largest absolute Gasteiger partial charge is 0.398 e. The van der Waals surface area contributed by atoms with Crippen molar-refractivity contribution >= 4 is 28.9 Å². The molecule has 45 heavy (non-hydrogen) atoms. The van der Waals surface area contributed by atoms with E-state index in [-0.39, 0.29) is 17.8 Å². The number of anilines is 2. The zero-order chi connectivity index (χ0) is 31.0. The average Bonchev–Trinajstić information content (AvgIpc) is 3.86. The van der Waals surface area contributed by atoms with Crippen LogP contribution in [0.2, 0.25) is 0 Å². The summed E-state index contributed by atoms with van der Waals surface area (Å²) < 4.78 is 15.8. The summed E-state index contributed by atoms with van der Waals surface area (Å²) in [7, 11) is 0. The number of benzene rings is 1. The maximum absolute atomic E-state index is 13.8. The monoisotopic (exact) mass is 609 g/mol. The van der Waals surface area contributed by atoms with E-state index in [4.69, 9.17) is 15.7 Å². The molecule has 234 valence electrons. The molecule has 3 heterocycles. The number of rotatable bonds is 12. The number of nitrogens with one attached hydrogen (secondary N) is 3. The van der Waals surface area contributed by atoms with Gasteiger partial charge in [-0.15, -0.1) is 0 Å². The maximum atomic E-state index is 13.8. The van der Waals surface area contributed by atoms with Crippen LogP contribution in [0, 0.1) is 5.82 Å². The third-order valence-electron chi connectivity index (χ3n) is 8.55. The number of carbonyl (C=O) groups is 1. The first-order valence-electron chi connectivity index (χ1n) is 15.9. The number of aryl methyl sites for hydroxylation is 1. The molecular weight excluding hydrogens is 569 g/mol. The first-order valence-corrected chi connectivity index (χ1v) is 15.9. The van der Waals surface area contributed by atoms with Gasteiger partial charge < -0.3 is 26.3 Å². The number of imidazole rings is 1. The second-order valence-electron chi connectivity index (χ2n) is 11.8. The van der Waals surface area contributed by atoms with Gasteiger partial charge in [0.05, 0.1) is 29.0 Å². The number of hydrogen-bond donors (Lipinski definition) is 4. The molecule has 2 fully saturated rings. The minimum Gasteiger partial charge on any atom is -0.398 e. The molecule has 2 aliphatic carbocycles. The van der Waals surface area contributed by atoms with Crippen molar-refractivity contribution in [1.29, 1.82) is 0 Å². The molecule has 1 aromatic carbocycles.